The van der Waals surface area contributed by atoms with E-state index in [0.29, 0.717) is 18.6 Å². The highest BCUT2D eigenvalue weighted by Crippen LogP contribution is 2.21. The Morgan fingerprint density at radius 2 is 2.22 bits per heavy atom. The quantitative estimate of drug-likeness (QED) is 0.748. The number of rotatable bonds is 5. The van der Waals surface area contributed by atoms with Crippen molar-refractivity contribution in [3.63, 3.8) is 0 Å². The Morgan fingerprint density at radius 3 is 2.89 bits per heavy atom. The molecule has 0 aromatic carbocycles. The lowest BCUT2D eigenvalue weighted by molar-refractivity contribution is -0.117. The van der Waals surface area contributed by atoms with Crippen LogP contribution in [0, 0.1) is 6.92 Å². The predicted molar refractivity (Wildman–Crippen MR) is 72.5 cm³/mol. The fourth-order valence-corrected chi connectivity index (χ4v) is 2.60. The van der Waals surface area contributed by atoms with Crippen molar-refractivity contribution < 1.29 is 4.79 Å². The molecule has 0 unspecified atom stereocenters. The second-order valence-corrected chi connectivity index (χ2v) is 5.09. The molecule has 0 atom stereocenters. The van der Waals surface area contributed by atoms with Crippen LogP contribution >= 0.6 is 0 Å². The molecule has 0 saturated carbocycles. The molecule has 0 aliphatic heterocycles. The van der Waals surface area contributed by atoms with Crippen LogP contribution < -0.4 is 0 Å². The monoisotopic (exact) mass is 246 g/mol. The van der Waals surface area contributed by atoms with E-state index in [1.165, 1.54) is 18.4 Å². The number of hydrogen-bond acceptors (Lipinski definition) is 2. The van der Waals surface area contributed by atoms with Gasteiger partial charge in [-0.3, -0.25) is 9.48 Å². The van der Waals surface area contributed by atoms with Gasteiger partial charge in [0.15, 0.2) is 0 Å². The average molecular weight is 246 g/mol. The smallest absolute Gasteiger partial charge is 0.142 e. The maximum absolute atomic E-state index is 12.1. The second kappa shape index (κ2) is 5.98. The van der Waals surface area contributed by atoms with E-state index in [4.69, 9.17) is 0 Å². The van der Waals surface area contributed by atoms with Crippen LogP contribution in [0.3, 0.4) is 0 Å². The van der Waals surface area contributed by atoms with Crippen molar-refractivity contribution in [2.75, 3.05) is 0 Å². The van der Waals surface area contributed by atoms with Crippen molar-refractivity contribution in [2.45, 2.75) is 58.9 Å². The van der Waals surface area contributed by atoms with Crippen LogP contribution in [0.4, 0.5) is 0 Å². The van der Waals surface area contributed by atoms with E-state index < -0.39 is 0 Å². The molecule has 2 rings (SSSR count). The van der Waals surface area contributed by atoms with Crippen LogP contribution in [0.5, 0.6) is 0 Å². The SMILES string of the molecule is CCn1nc(C)cc1CC(=O)CC1=CCCCC1. The first-order valence-electron chi connectivity index (χ1n) is 6.92. The molecule has 3 heteroatoms. The highest BCUT2D eigenvalue weighted by molar-refractivity contribution is 5.82. The fraction of sp³-hybridized carbons (Fsp3) is 0.600. The summed E-state index contributed by atoms with van der Waals surface area (Å²) in [7, 11) is 0. The molecule has 0 saturated heterocycles. The molecule has 0 fully saturated rings. The molecular weight excluding hydrogens is 224 g/mol. The normalized spacial score (nSPS) is 15.6. The van der Waals surface area contributed by atoms with Crippen LogP contribution in [0.15, 0.2) is 17.7 Å². The Hall–Kier alpha value is -1.38. The van der Waals surface area contributed by atoms with Crippen LogP contribution in [0.25, 0.3) is 0 Å². The molecule has 98 valence electrons. The first-order chi connectivity index (χ1) is 8.69. The zero-order valence-corrected chi connectivity index (χ0v) is 11.4. The summed E-state index contributed by atoms with van der Waals surface area (Å²) in [5, 5.41) is 4.38. The fourth-order valence-electron chi connectivity index (χ4n) is 2.60. The molecule has 0 spiro atoms. The molecule has 0 N–H and O–H groups in total. The van der Waals surface area contributed by atoms with E-state index in [-0.39, 0.29) is 0 Å². The third-order valence-corrected chi connectivity index (χ3v) is 3.47. The van der Waals surface area contributed by atoms with Gasteiger partial charge in [0.2, 0.25) is 0 Å². The van der Waals surface area contributed by atoms with Crippen LogP contribution in [0.2, 0.25) is 0 Å². The summed E-state index contributed by atoms with van der Waals surface area (Å²) >= 11 is 0. The Balaban J connectivity index is 1.96. The van der Waals surface area contributed by atoms with E-state index in [9.17, 15) is 4.79 Å². The first kappa shape index (κ1) is 13.1. The Kier molecular flexibility index (Phi) is 4.34. The maximum atomic E-state index is 12.1. The summed E-state index contributed by atoms with van der Waals surface area (Å²) in [6.07, 6.45) is 8.18. The molecule has 0 amide bonds. The summed E-state index contributed by atoms with van der Waals surface area (Å²) in [6.45, 7) is 4.87. The number of aryl methyl sites for hydroxylation is 2. The minimum absolute atomic E-state index is 0.317. The van der Waals surface area contributed by atoms with E-state index >= 15 is 0 Å². The van der Waals surface area contributed by atoms with E-state index in [1.54, 1.807) is 0 Å². The van der Waals surface area contributed by atoms with Gasteiger partial charge in [0.05, 0.1) is 5.69 Å². The van der Waals surface area contributed by atoms with Crippen LogP contribution in [-0.2, 0) is 17.8 Å². The molecule has 3 nitrogen and oxygen atoms in total. The minimum Gasteiger partial charge on any atom is -0.299 e. The van der Waals surface area contributed by atoms with Gasteiger partial charge in [0, 0.05) is 25.1 Å². The van der Waals surface area contributed by atoms with Gasteiger partial charge in [-0.05, 0) is 45.6 Å². The van der Waals surface area contributed by atoms with Crippen molar-refractivity contribution in [1.29, 1.82) is 0 Å². The largest absolute Gasteiger partial charge is 0.299 e. The Bertz CT molecular complexity index is 457. The number of carbonyl (C=O) groups is 1. The van der Waals surface area contributed by atoms with E-state index in [1.807, 2.05) is 17.7 Å². The van der Waals surface area contributed by atoms with Crippen molar-refractivity contribution in [1.82, 2.24) is 9.78 Å². The van der Waals surface area contributed by atoms with Gasteiger partial charge in [-0.25, -0.2) is 0 Å². The van der Waals surface area contributed by atoms with E-state index in [2.05, 4.69) is 18.1 Å². The van der Waals surface area contributed by atoms with Crippen molar-refractivity contribution >= 4 is 5.78 Å². The van der Waals surface area contributed by atoms with Crippen LogP contribution in [0.1, 0.15) is 50.4 Å². The predicted octanol–water partition coefficient (Wildman–Crippen LogP) is 3.21. The van der Waals surface area contributed by atoms with E-state index in [0.717, 1.165) is 30.8 Å². The highest BCUT2D eigenvalue weighted by atomic mass is 16.1. The second-order valence-electron chi connectivity index (χ2n) is 5.09. The lowest BCUT2D eigenvalue weighted by Gasteiger charge is -2.12. The highest BCUT2D eigenvalue weighted by Gasteiger charge is 2.12. The number of nitrogens with zero attached hydrogens (tertiary/aromatic N) is 2. The Labute approximate surface area is 109 Å². The topological polar surface area (TPSA) is 34.9 Å². The maximum Gasteiger partial charge on any atom is 0.142 e. The van der Waals surface area contributed by atoms with Gasteiger partial charge in [-0.15, -0.1) is 0 Å². The molecule has 1 aromatic rings. The number of Topliss-reactive ketones (excluding diaryl/α,β-unsaturated/α-hetero) is 1. The van der Waals surface area contributed by atoms with Crippen molar-refractivity contribution in [3.8, 4) is 0 Å². The molecule has 1 heterocycles. The van der Waals surface area contributed by atoms with Gasteiger partial charge in [0.1, 0.15) is 5.78 Å². The van der Waals surface area contributed by atoms with Gasteiger partial charge in [0.25, 0.3) is 0 Å². The molecule has 0 bridgehead atoms. The van der Waals surface area contributed by atoms with Gasteiger partial charge >= 0.3 is 0 Å². The number of aromatic nitrogens is 2. The summed E-state index contributed by atoms with van der Waals surface area (Å²) < 4.78 is 1.93. The molecule has 0 radical (unpaired) electrons. The minimum atomic E-state index is 0.317. The van der Waals surface area contributed by atoms with Crippen molar-refractivity contribution in [3.05, 3.63) is 29.1 Å². The standard InChI is InChI=1S/C15H22N2O/c1-3-17-14(9-12(2)16-17)11-15(18)10-13-7-5-4-6-8-13/h7,9H,3-6,8,10-11H2,1-2H3. The molecule has 1 aliphatic rings. The number of carbonyl (C=O) groups excluding carboxylic acids is 1. The Morgan fingerprint density at radius 1 is 1.39 bits per heavy atom. The van der Waals surface area contributed by atoms with Crippen molar-refractivity contribution in [2.24, 2.45) is 0 Å². The average Bonchev–Trinajstić information content (AvgIpc) is 2.70. The zero-order valence-electron chi connectivity index (χ0n) is 11.4. The molecule has 1 aliphatic carbocycles. The summed E-state index contributed by atoms with van der Waals surface area (Å²) in [5.41, 5.74) is 3.39. The molecular formula is C15H22N2O. The number of ketones is 1. The third-order valence-electron chi connectivity index (χ3n) is 3.47. The third kappa shape index (κ3) is 3.31. The number of allylic oxidation sites excluding steroid dienone is 2. The molecule has 1 aromatic heterocycles. The zero-order chi connectivity index (χ0) is 13.0. The molecule has 18 heavy (non-hydrogen) atoms. The summed E-state index contributed by atoms with van der Waals surface area (Å²) in [4.78, 5) is 12.1. The van der Waals surface area contributed by atoms with Gasteiger partial charge < -0.3 is 0 Å². The summed E-state index contributed by atoms with van der Waals surface area (Å²) in [6, 6.07) is 2.02. The van der Waals surface area contributed by atoms with Crippen LogP contribution in [-0.4, -0.2) is 15.6 Å². The van der Waals surface area contributed by atoms with Gasteiger partial charge in [-0.1, -0.05) is 11.6 Å². The first-order valence-corrected chi connectivity index (χ1v) is 6.92. The number of hydrogen-bond donors (Lipinski definition) is 0. The lowest BCUT2D eigenvalue weighted by atomic mass is 9.94. The van der Waals surface area contributed by atoms with Gasteiger partial charge in [-0.2, -0.15) is 5.10 Å². The summed E-state index contributed by atoms with van der Waals surface area (Å²) in [5.74, 6) is 0.317. The lowest BCUT2D eigenvalue weighted by Crippen LogP contribution is -2.10.